The number of para-hydroxylation sites is 1. The molecule has 0 saturated carbocycles. The smallest absolute Gasteiger partial charge is 0.254 e. The van der Waals surface area contributed by atoms with Gasteiger partial charge in [-0.15, -0.1) is 0 Å². The van der Waals surface area contributed by atoms with Crippen molar-refractivity contribution in [3.05, 3.63) is 72.2 Å². The second-order valence-corrected chi connectivity index (χ2v) is 9.21. The number of carbonyl (C=O) groups is 1. The number of benzene rings is 2. The highest BCUT2D eigenvalue weighted by molar-refractivity contribution is 5.94. The molecule has 0 bridgehead atoms. The Bertz CT molecular complexity index is 1350. The standard InChI is InChI=1S/C28H32N6O2/c1-4-20(2)25-30-26(24-19-29-34(27(24)31-25)22-11-6-5-7-12-22)32-14-9-15-33(17-16-32)28(35)21-10-8-13-23(18-21)36-3/h5-8,10-13,18-20H,4,9,14-17H2,1-3H3/t20-/m0/s1. The molecule has 1 amide bonds. The molecule has 0 radical (unpaired) electrons. The fourth-order valence-electron chi connectivity index (χ4n) is 4.58. The molecule has 2 aromatic carbocycles. The first-order valence-electron chi connectivity index (χ1n) is 12.6. The molecule has 186 valence electrons. The number of hydrogen-bond acceptors (Lipinski definition) is 6. The third-order valence-corrected chi connectivity index (χ3v) is 6.88. The first-order chi connectivity index (χ1) is 17.6. The van der Waals surface area contributed by atoms with Crippen LogP contribution in [0.25, 0.3) is 16.7 Å². The summed E-state index contributed by atoms with van der Waals surface area (Å²) >= 11 is 0. The highest BCUT2D eigenvalue weighted by atomic mass is 16.5. The highest BCUT2D eigenvalue weighted by Gasteiger charge is 2.25. The molecule has 1 saturated heterocycles. The van der Waals surface area contributed by atoms with Crippen LogP contribution in [-0.2, 0) is 0 Å². The molecule has 1 fully saturated rings. The van der Waals surface area contributed by atoms with Crippen LogP contribution in [0.5, 0.6) is 5.75 Å². The normalized spacial score (nSPS) is 15.1. The summed E-state index contributed by atoms with van der Waals surface area (Å²) in [6, 6.07) is 17.4. The number of methoxy groups -OCH3 is 1. The van der Waals surface area contributed by atoms with Gasteiger partial charge in [-0.3, -0.25) is 4.79 Å². The third-order valence-electron chi connectivity index (χ3n) is 6.88. The van der Waals surface area contributed by atoms with Crippen LogP contribution >= 0.6 is 0 Å². The van der Waals surface area contributed by atoms with Gasteiger partial charge in [0.2, 0.25) is 0 Å². The number of aromatic nitrogens is 4. The third kappa shape index (κ3) is 4.63. The van der Waals surface area contributed by atoms with Gasteiger partial charge in [-0.2, -0.15) is 5.10 Å². The van der Waals surface area contributed by atoms with Crippen molar-refractivity contribution in [3.63, 3.8) is 0 Å². The largest absolute Gasteiger partial charge is 0.497 e. The summed E-state index contributed by atoms with van der Waals surface area (Å²) in [5, 5.41) is 5.61. The summed E-state index contributed by atoms with van der Waals surface area (Å²) in [5.41, 5.74) is 2.43. The molecule has 1 aliphatic rings. The van der Waals surface area contributed by atoms with Gasteiger partial charge in [0.05, 0.1) is 24.4 Å². The van der Waals surface area contributed by atoms with Gasteiger partial charge in [0.25, 0.3) is 5.91 Å². The van der Waals surface area contributed by atoms with Gasteiger partial charge in [-0.25, -0.2) is 14.6 Å². The van der Waals surface area contributed by atoms with Crippen LogP contribution < -0.4 is 9.64 Å². The number of amides is 1. The lowest BCUT2D eigenvalue weighted by Gasteiger charge is -2.24. The zero-order chi connectivity index (χ0) is 25.1. The van der Waals surface area contributed by atoms with Crippen molar-refractivity contribution >= 4 is 22.8 Å². The van der Waals surface area contributed by atoms with Gasteiger partial charge >= 0.3 is 0 Å². The Morgan fingerprint density at radius 2 is 1.86 bits per heavy atom. The van der Waals surface area contributed by atoms with Crippen molar-refractivity contribution in [2.75, 3.05) is 38.2 Å². The molecule has 0 unspecified atom stereocenters. The van der Waals surface area contributed by atoms with Gasteiger partial charge in [0.1, 0.15) is 17.4 Å². The van der Waals surface area contributed by atoms with Crippen molar-refractivity contribution in [2.24, 2.45) is 0 Å². The number of anilines is 1. The van der Waals surface area contributed by atoms with Crippen LogP contribution in [-0.4, -0.2) is 63.8 Å². The van der Waals surface area contributed by atoms with Crippen LogP contribution in [0, 0.1) is 0 Å². The Morgan fingerprint density at radius 1 is 1.03 bits per heavy atom. The first-order valence-corrected chi connectivity index (χ1v) is 12.6. The van der Waals surface area contributed by atoms with E-state index in [4.69, 9.17) is 14.7 Å². The summed E-state index contributed by atoms with van der Waals surface area (Å²) in [6.07, 6.45) is 3.67. The molecule has 36 heavy (non-hydrogen) atoms. The zero-order valence-corrected chi connectivity index (χ0v) is 21.1. The average Bonchev–Trinajstić information content (AvgIpc) is 3.21. The molecule has 0 spiro atoms. The SMILES string of the molecule is CC[C@H](C)c1nc(N2CCCN(C(=O)c3cccc(OC)c3)CC2)c2cnn(-c3ccccc3)c2n1. The van der Waals surface area contributed by atoms with Gasteiger partial charge in [-0.05, 0) is 43.2 Å². The summed E-state index contributed by atoms with van der Waals surface area (Å²) in [4.78, 5) is 27.4. The zero-order valence-electron chi connectivity index (χ0n) is 21.1. The number of ether oxygens (including phenoxy) is 1. The van der Waals surface area contributed by atoms with E-state index in [1.165, 1.54) is 0 Å². The predicted molar refractivity (Wildman–Crippen MR) is 141 cm³/mol. The highest BCUT2D eigenvalue weighted by Crippen LogP contribution is 2.29. The van der Waals surface area contributed by atoms with Crippen LogP contribution in [0.4, 0.5) is 5.82 Å². The molecule has 1 atom stereocenters. The quantitative estimate of drug-likeness (QED) is 0.395. The van der Waals surface area contributed by atoms with E-state index in [-0.39, 0.29) is 11.8 Å². The Kier molecular flexibility index (Phi) is 6.84. The van der Waals surface area contributed by atoms with E-state index < -0.39 is 0 Å². The molecule has 4 aromatic rings. The molecule has 0 N–H and O–H groups in total. The van der Waals surface area contributed by atoms with E-state index in [2.05, 4.69) is 23.8 Å². The van der Waals surface area contributed by atoms with Gasteiger partial charge in [-0.1, -0.05) is 38.1 Å². The van der Waals surface area contributed by atoms with Crippen LogP contribution in [0.15, 0.2) is 60.8 Å². The van der Waals surface area contributed by atoms with Gasteiger partial charge in [0, 0.05) is 37.7 Å². The average molecular weight is 485 g/mol. The molecular formula is C28H32N6O2. The number of rotatable bonds is 6. The fraction of sp³-hybridized carbons (Fsp3) is 0.357. The maximum absolute atomic E-state index is 13.2. The van der Waals surface area contributed by atoms with Crippen molar-refractivity contribution in [2.45, 2.75) is 32.6 Å². The van der Waals surface area contributed by atoms with Crippen molar-refractivity contribution in [1.29, 1.82) is 0 Å². The van der Waals surface area contributed by atoms with Gasteiger partial charge < -0.3 is 14.5 Å². The molecule has 0 aliphatic carbocycles. The summed E-state index contributed by atoms with van der Waals surface area (Å²) in [5.74, 6) is 2.67. The van der Waals surface area contributed by atoms with E-state index in [9.17, 15) is 4.79 Å². The van der Waals surface area contributed by atoms with Gasteiger partial charge in [0.15, 0.2) is 5.65 Å². The van der Waals surface area contributed by atoms with E-state index >= 15 is 0 Å². The Labute approximate surface area is 211 Å². The van der Waals surface area contributed by atoms with Crippen molar-refractivity contribution in [3.8, 4) is 11.4 Å². The molecule has 8 nitrogen and oxygen atoms in total. The lowest BCUT2D eigenvalue weighted by atomic mass is 10.1. The maximum atomic E-state index is 13.2. The lowest BCUT2D eigenvalue weighted by molar-refractivity contribution is 0.0766. The van der Waals surface area contributed by atoms with Crippen molar-refractivity contribution in [1.82, 2.24) is 24.6 Å². The topological polar surface area (TPSA) is 76.4 Å². The summed E-state index contributed by atoms with van der Waals surface area (Å²) in [7, 11) is 1.61. The number of carbonyl (C=O) groups excluding carboxylic acids is 1. The van der Waals surface area contributed by atoms with E-state index in [0.717, 1.165) is 47.7 Å². The Balaban J connectivity index is 1.46. The number of nitrogens with zero attached hydrogens (tertiary/aromatic N) is 6. The van der Waals surface area contributed by atoms with Crippen LogP contribution in [0.3, 0.4) is 0 Å². The monoisotopic (exact) mass is 484 g/mol. The minimum absolute atomic E-state index is 0.0285. The van der Waals surface area contributed by atoms with E-state index in [1.54, 1.807) is 13.2 Å². The second kappa shape index (κ2) is 10.4. The minimum atomic E-state index is 0.0285. The molecule has 2 aromatic heterocycles. The van der Waals surface area contributed by atoms with Crippen LogP contribution in [0.1, 0.15) is 48.8 Å². The molecule has 1 aliphatic heterocycles. The van der Waals surface area contributed by atoms with E-state index in [1.807, 2.05) is 64.3 Å². The minimum Gasteiger partial charge on any atom is -0.497 e. The summed E-state index contributed by atoms with van der Waals surface area (Å²) < 4.78 is 7.20. The fourth-order valence-corrected chi connectivity index (χ4v) is 4.58. The molecule has 8 heteroatoms. The first kappa shape index (κ1) is 23.8. The number of hydrogen-bond donors (Lipinski definition) is 0. The Morgan fingerprint density at radius 3 is 2.64 bits per heavy atom. The predicted octanol–water partition coefficient (Wildman–Crippen LogP) is 4.69. The lowest BCUT2D eigenvalue weighted by Crippen LogP contribution is -2.35. The summed E-state index contributed by atoms with van der Waals surface area (Å²) in [6.45, 7) is 7.13. The maximum Gasteiger partial charge on any atom is 0.254 e. The molecular weight excluding hydrogens is 452 g/mol. The molecule has 5 rings (SSSR count). The van der Waals surface area contributed by atoms with E-state index in [0.29, 0.717) is 30.9 Å². The van der Waals surface area contributed by atoms with Crippen LogP contribution in [0.2, 0.25) is 0 Å². The number of fused-ring (bicyclic) bond motifs is 1. The van der Waals surface area contributed by atoms with Crippen molar-refractivity contribution < 1.29 is 9.53 Å². The Hall–Kier alpha value is -3.94. The molecule has 3 heterocycles. The second-order valence-electron chi connectivity index (χ2n) is 9.21.